The SMILES string of the molecule is Cc1cc(C(Br)c2cc(F)ccc2F)ccc1Cl. The lowest BCUT2D eigenvalue weighted by molar-refractivity contribution is 0.588. The van der Waals surface area contributed by atoms with Crippen molar-refractivity contribution in [2.45, 2.75) is 11.8 Å². The van der Waals surface area contributed by atoms with Gasteiger partial charge in [-0.05, 0) is 42.3 Å². The Balaban J connectivity index is 2.44. The molecule has 0 bridgehead atoms. The van der Waals surface area contributed by atoms with Crippen molar-refractivity contribution in [2.24, 2.45) is 0 Å². The van der Waals surface area contributed by atoms with Gasteiger partial charge in [0.05, 0.1) is 4.83 Å². The van der Waals surface area contributed by atoms with Gasteiger partial charge in [-0.2, -0.15) is 0 Å². The van der Waals surface area contributed by atoms with Crippen molar-refractivity contribution >= 4 is 27.5 Å². The van der Waals surface area contributed by atoms with Crippen LogP contribution < -0.4 is 0 Å². The summed E-state index contributed by atoms with van der Waals surface area (Å²) in [7, 11) is 0. The molecule has 4 heteroatoms. The molecule has 1 atom stereocenters. The number of benzene rings is 2. The normalized spacial score (nSPS) is 12.5. The van der Waals surface area contributed by atoms with Crippen molar-refractivity contribution in [1.82, 2.24) is 0 Å². The fourth-order valence-electron chi connectivity index (χ4n) is 1.71. The maximum absolute atomic E-state index is 13.7. The lowest BCUT2D eigenvalue weighted by Gasteiger charge is -2.13. The van der Waals surface area contributed by atoms with Crippen LogP contribution in [0.15, 0.2) is 36.4 Å². The molecule has 0 saturated heterocycles. The van der Waals surface area contributed by atoms with E-state index in [0.717, 1.165) is 23.3 Å². The highest BCUT2D eigenvalue weighted by atomic mass is 79.9. The Morgan fingerprint density at radius 3 is 2.50 bits per heavy atom. The first-order valence-electron chi connectivity index (χ1n) is 5.34. The molecule has 0 saturated carbocycles. The molecule has 18 heavy (non-hydrogen) atoms. The van der Waals surface area contributed by atoms with Gasteiger partial charge >= 0.3 is 0 Å². The molecule has 1 unspecified atom stereocenters. The third-order valence-electron chi connectivity index (χ3n) is 2.71. The Morgan fingerprint density at radius 1 is 1.11 bits per heavy atom. The monoisotopic (exact) mass is 330 g/mol. The second kappa shape index (κ2) is 5.37. The van der Waals surface area contributed by atoms with Crippen LogP contribution >= 0.6 is 27.5 Å². The number of aryl methyl sites for hydroxylation is 1. The fraction of sp³-hybridized carbons (Fsp3) is 0.143. The average Bonchev–Trinajstić information content (AvgIpc) is 2.35. The van der Waals surface area contributed by atoms with E-state index in [1.165, 1.54) is 6.07 Å². The zero-order valence-corrected chi connectivity index (χ0v) is 11.9. The minimum Gasteiger partial charge on any atom is -0.207 e. The van der Waals surface area contributed by atoms with Gasteiger partial charge in [-0.15, -0.1) is 0 Å². The molecule has 0 heterocycles. The Morgan fingerprint density at radius 2 is 1.83 bits per heavy atom. The minimum absolute atomic E-state index is 0.275. The van der Waals surface area contributed by atoms with Crippen molar-refractivity contribution in [3.8, 4) is 0 Å². The highest BCUT2D eigenvalue weighted by molar-refractivity contribution is 9.09. The van der Waals surface area contributed by atoms with E-state index >= 15 is 0 Å². The first-order chi connectivity index (χ1) is 8.49. The van der Waals surface area contributed by atoms with Crippen LogP contribution in [0.5, 0.6) is 0 Å². The maximum atomic E-state index is 13.7. The smallest absolute Gasteiger partial charge is 0.128 e. The Labute approximate surface area is 118 Å². The fourth-order valence-corrected chi connectivity index (χ4v) is 2.47. The van der Waals surface area contributed by atoms with Crippen molar-refractivity contribution < 1.29 is 8.78 Å². The molecule has 0 N–H and O–H groups in total. The van der Waals surface area contributed by atoms with E-state index in [9.17, 15) is 8.78 Å². The van der Waals surface area contributed by atoms with Crippen LogP contribution in [-0.2, 0) is 0 Å². The molecule has 0 aliphatic heterocycles. The first-order valence-corrected chi connectivity index (χ1v) is 6.63. The summed E-state index contributed by atoms with van der Waals surface area (Å²) in [4.78, 5) is -0.399. The maximum Gasteiger partial charge on any atom is 0.128 e. The molecule has 94 valence electrons. The van der Waals surface area contributed by atoms with Gasteiger partial charge in [0, 0.05) is 10.6 Å². The van der Waals surface area contributed by atoms with Gasteiger partial charge in [0.15, 0.2) is 0 Å². The molecule has 0 amide bonds. The molecule has 0 aliphatic rings. The first kappa shape index (κ1) is 13.5. The van der Waals surface area contributed by atoms with Crippen LogP contribution in [0.25, 0.3) is 0 Å². The summed E-state index contributed by atoms with van der Waals surface area (Å²) < 4.78 is 26.8. The van der Waals surface area contributed by atoms with E-state index in [4.69, 9.17) is 11.6 Å². The Kier molecular flexibility index (Phi) is 4.03. The van der Waals surface area contributed by atoms with E-state index in [2.05, 4.69) is 15.9 Å². The third kappa shape index (κ3) is 2.73. The minimum atomic E-state index is -0.457. The summed E-state index contributed by atoms with van der Waals surface area (Å²) in [5.41, 5.74) is 2.01. The molecule has 2 aromatic carbocycles. The standard InChI is InChI=1S/C14H10BrClF2/c1-8-6-9(2-4-12(8)16)14(15)11-7-10(17)3-5-13(11)18/h2-7,14H,1H3. The molecule has 0 spiro atoms. The van der Waals surface area contributed by atoms with Gasteiger partial charge in [-0.1, -0.05) is 39.7 Å². The zero-order valence-electron chi connectivity index (χ0n) is 9.55. The third-order valence-corrected chi connectivity index (χ3v) is 4.15. The topological polar surface area (TPSA) is 0 Å². The highest BCUT2D eigenvalue weighted by Crippen LogP contribution is 2.34. The predicted octanol–water partition coefficient (Wildman–Crippen LogP) is 5.41. The van der Waals surface area contributed by atoms with E-state index in [1.54, 1.807) is 12.1 Å². The van der Waals surface area contributed by atoms with Gasteiger partial charge in [0.25, 0.3) is 0 Å². The van der Waals surface area contributed by atoms with Crippen molar-refractivity contribution in [1.29, 1.82) is 0 Å². The second-order valence-electron chi connectivity index (χ2n) is 4.04. The number of halogens is 4. The van der Waals surface area contributed by atoms with Crippen LogP contribution in [0.1, 0.15) is 21.5 Å². The molecular weight excluding hydrogens is 322 g/mol. The summed E-state index contributed by atoms with van der Waals surface area (Å²) in [5.74, 6) is -0.896. The molecule has 0 aliphatic carbocycles. The highest BCUT2D eigenvalue weighted by Gasteiger charge is 2.16. The van der Waals surface area contributed by atoms with Crippen molar-refractivity contribution in [2.75, 3.05) is 0 Å². The number of alkyl halides is 1. The molecule has 2 rings (SSSR count). The van der Waals surface area contributed by atoms with E-state index in [-0.39, 0.29) is 5.56 Å². The predicted molar refractivity (Wildman–Crippen MR) is 73.3 cm³/mol. The van der Waals surface area contributed by atoms with Gasteiger partial charge in [0.2, 0.25) is 0 Å². The van der Waals surface area contributed by atoms with Crippen LogP contribution in [0.3, 0.4) is 0 Å². The lowest BCUT2D eigenvalue weighted by atomic mass is 10.0. The van der Waals surface area contributed by atoms with Crippen LogP contribution in [0.2, 0.25) is 5.02 Å². The summed E-state index contributed by atoms with van der Waals surface area (Å²) in [6.07, 6.45) is 0. The van der Waals surface area contributed by atoms with E-state index in [0.29, 0.717) is 5.02 Å². The summed E-state index contributed by atoms with van der Waals surface area (Å²) in [5, 5.41) is 0.651. The molecule has 0 nitrogen and oxygen atoms in total. The number of hydrogen-bond acceptors (Lipinski definition) is 0. The summed E-state index contributed by atoms with van der Waals surface area (Å²) in [6.45, 7) is 1.87. The number of hydrogen-bond donors (Lipinski definition) is 0. The second-order valence-corrected chi connectivity index (χ2v) is 5.36. The molecule has 0 radical (unpaired) electrons. The van der Waals surface area contributed by atoms with Crippen LogP contribution in [-0.4, -0.2) is 0 Å². The number of rotatable bonds is 2. The van der Waals surface area contributed by atoms with E-state index < -0.39 is 16.5 Å². The van der Waals surface area contributed by atoms with Gasteiger partial charge in [0.1, 0.15) is 11.6 Å². The zero-order chi connectivity index (χ0) is 13.3. The summed E-state index contributed by atoms with van der Waals surface area (Å²) >= 11 is 9.33. The van der Waals surface area contributed by atoms with Gasteiger partial charge in [-0.25, -0.2) is 8.78 Å². The largest absolute Gasteiger partial charge is 0.207 e. The molecule has 2 aromatic rings. The quantitative estimate of drug-likeness (QED) is 0.645. The summed E-state index contributed by atoms with van der Waals surface area (Å²) in [6, 6.07) is 8.81. The van der Waals surface area contributed by atoms with Gasteiger partial charge in [-0.3, -0.25) is 0 Å². The van der Waals surface area contributed by atoms with E-state index in [1.807, 2.05) is 13.0 Å². The van der Waals surface area contributed by atoms with Gasteiger partial charge < -0.3 is 0 Å². The van der Waals surface area contributed by atoms with Crippen LogP contribution in [0, 0.1) is 18.6 Å². The van der Waals surface area contributed by atoms with Crippen LogP contribution in [0.4, 0.5) is 8.78 Å². The molecule has 0 aromatic heterocycles. The Hall–Kier alpha value is -0.930. The van der Waals surface area contributed by atoms with Crippen molar-refractivity contribution in [3.05, 3.63) is 69.7 Å². The van der Waals surface area contributed by atoms with Crippen molar-refractivity contribution in [3.63, 3.8) is 0 Å². The molecular formula is C14H10BrClF2. The molecule has 0 fully saturated rings. The lowest BCUT2D eigenvalue weighted by Crippen LogP contribution is -1.98. The Bertz CT molecular complexity index is 584. The average molecular weight is 332 g/mol.